The van der Waals surface area contributed by atoms with Gasteiger partial charge >= 0.3 is 5.97 Å². The zero-order valence-corrected chi connectivity index (χ0v) is 14.0. The molecule has 2 atom stereocenters. The molecular weight excluding hydrogens is 296 g/mol. The third-order valence-corrected chi connectivity index (χ3v) is 5.24. The number of carboxylic acids is 1. The van der Waals surface area contributed by atoms with Crippen molar-refractivity contribution in [2.24, 2.45) is 5.41 Å². The van der Waals surface area contributed by atoms with Gasteiger partial charge in [0.2, 0.25) is 0 Å². The van der Waals surface area contributed by atoms with Crippen molar-refractivity contribution < 1.29 is 19.4 Å². The van der Waals surface area contributed by atoms with Gasteiger partial charge in [0.1, 0.15) is 5.69 Å². The van der Waals surface area contributed by atoms with Crippen molar-refractivity contribution in [2.75, 3.05) is 7.11 Å². The molecule has 0 bridgehead atoms. The second-order valence-electron chi connectivity index (χ2n) is 6.06. The number of rotatable bonds is 6. The van der Waals surface area contributed by atoms with E-state index in [1.165, 1.54) is 12.1 Å². The first-order valence-electron chi connectivity index (χ1n) is 7.94. The summed E-state index contributed by atoms with van der Waals surface area (Å²) in [6, 6.07) is 2.93. The van der Waals surface area contributed by atoms with Gasteiger partial charge in [0.05, 0.1) is 17.4 Å². The first-order valence-corrected chi connectivity index (χ1v) is 7.94. The second kappa shape index (κ2) is 6.66. The van der Waals surface area contributed by atoms with Crippen LogP contribution in [0.25, 0.3) is 0 Å². The van der Waals surface area contributed by atoms with Gasteiger partial charge in [-0.1, -0.05) is 13.8 Å². The van der Waals surface area contributed by atoms with Gasteiger partial charge < -0.3 is 15.2 Å². The molecule has 2 rings (SSSR count). The first kappa shape index (κ1) is 17.4. The zero-order chi connectivity index (χ0) is 17.2. The molecule has 1 aliphatic carbocycles. The van der Waals surface area contributed by atoms with E-state index in [0.29, 0.717) is 5.69 Å². The van der Waals surface area contributed by atoms with Crippen LogP contribution in [0.15, 0.2) is 12.1 Å². The highest BCUT2D eigenvalue weighted by molar-refractivity contribution is 5.94. The van der Waals surface area contributed by atoms with E-state index < -0.39 is 5.97 Å². The number of hydrogen-bond acceptors (Lipinski definition) is 4. The van der Waals surface area contributed by atoms with Crippen LogP contribution < -0.4 is 5.32 Å². The third kappa shape index (κ3) is 2.95. The lowest BCUT2D eigenvalue weighted by atomic mass is 9.58. The van der Waals surface area contributed by atoms with Crippen molar-refractivity contribution in [3.05, 3.63) is 29.1 Å². The topological polar surface area (TPSA) is 88.5 Å². The van der Waals surface area contributed by atoms with Crippen molar-refractivity contribution in [1.29, 1.82) is 0 Å². The molecule has 0 aromatic carbocycles. The van der Waals surface area contributed by atoms with E-state index in [1.54, 1.807) is 14.0 Å². The van der Waals surface area contributed by atoms with Crippen molar-refractivity contribution in [3.8, 4) is 0 Å². The van der Waals surface area contributed by atoms with Gasteiger partial charge in [0, 0.05) is 18.6 Å². The number of ether oxygens (including phenoxy) is 1. The Hall–Kier alpha value is -1.95. The van der Waals surface area contributed by atoms with Gasteiger partial charge in [-0.15, -0.1) is 0 Å². The Bertz CT molecular complexity index is 611. The normalized spacial score (nSPS) is 22.3. The number of aromatic nitrogens is 1. The van der Waals surface area contributed by atoms with E-state index in [0.717, 1.165) is 19.3 Å². The molecule has 1 amide bonds. The predicted octanol–water partition coefficient (Wildman–Crippen LogP) is 2.41. The maximum absolute atomic E-state index is 12.4. The van der Waals surface area contributed by atoms with Crippen LogP contribution in [-0.4, -0.2) is 41.2 Å². The fourth-order valence-corrected chi connectivity index (χ4v) is 3.62. The van der Waals surface area contributed by atoms with Crippen LogP contribution in [0.5, 0.6) is 0 Å². The lowest BCUT2D eigenvalue weighted by molar-refractivity contribution is -0.120. The molecule has 1 heterocycles. The summed E-state index contributed by atoms with van der Waals surface area (Å²) in [7, 11) is 1.71. The van der Waals surface area contributed by atoms with Crippen molar-refractivity contribution in [3.63, 3.8) is 0 Å². The van der Waals surface area contributed by atoms with E-state index in [2.05, 4.69) is 24.1 Å². The van der Waals surface area contributed by atoms with Crippen molar-refractivity contribution in [1.82, 2.24) is 10.3 Å². The van der Waals surface area contributed by atoms with E-state index in [-0.39, 0.29) is 34.7 Å². The summed E-state index contributed by atoms with van der Waals surface area (Å²) in [4.78, 5) is 27.6. The standard InChI is InChI=1S/C17H24N2O4/c1-5-17(6-2)13(9-14(17)23-4)19-15(20)12-8-7-11(16(21)22)10(3)18-12/h7-8,13-14H,5-6,9H2,1-4H3,(H,19,20)(H,21,22). The molecule has 6 heteroatoms. The highest BCUT2D eigenvalue weighted by atomic mass is 16.5. The average Bonchev–Trinajstić information content (AvgIpc) is 2.51. The van der Waals surface area contributed by atoms with Gasteiger partial charge in [-0.2, -0.15) is 0 Å². The van der Waals surface area contributed by atoms with Gasteiger partial charge in [-0.3, -0.25) is 4.79 Å². The number of carbonyl (C=O) groups excluding carboxylic acids is 1. The smallest absolute Gasteiger partial charge is 0.337 e. The van der Waals surface area contributed by atoms with Crippen LogP contribution in [0.4, 0.5) is 0 Å². The largest absolute Gasteiger partial charge is 0.478 e. The first-order chi connectivity index (χ1) is 10.9. The molecular formula is C17H24N2O4. The molecule has 0 saturated heterocycles. The number of nitrogens with one attached hydrogen (secondary N) is 1. The monoisotopic (exact) mass is 320 g/mol. The van der Waals surface area contributed by atoms with Crippen LogP contribution in [0.3, 0.4) is 0 Å². The van der Waals surface area contributed by atoms with Gasteiger partial charge in [-0.05, 0) is 38.3 Å². The molecule has 1 aromatic heterocycles. The molecule has 0 aliphatic heterocycles. The van der Waals surface area contributed by atoms with Crippen LogP contribution in [0.1, 0.15) is 59.7 Å². The minimum absolute atomic E-state index is 0.0412. The van der Waals surface area contributed by atoms with E-state index >= 15 is 0 Å². The summed E-state index contributed by atoms with van der Waals surface area (Å²) in [6.45, 7) is 5.81. The molecule has 2 unspecified atom stereocenters. The Labute approximate surface area is 136 Å². The Morgan fingerprint density at radius 2 is 2.04 bits per heavy atom. The lowest BCUT2D eigenvalue weighted by Gasteiger charge is -2.55. The molecule has 126 valence electrons. The fourth-order valence-electron chi connectivity index (χ4n) is 3.62. The van der Waals surface area contributed by atoms with Gasteiger partial charge in [0.15, 0.2) is 0 Å². The highest BCUT2D eigenvalue weighted by Gasteiger charge is 2.53. The molecule has 1 saturated carbocycles. The number of carbonyl (C=O) groups is 2. The molecule has 0 spiro atoms. The number of pyridine rings is 1. The minimum Gasteiger partial charge on any atom is -0.478 e. The molecule has 1 aliphatic rings. The second-order valence-corrected chi connectivity index (χ2v) is 6.06. The summed E-state index contributed by atoms with van der Waals surface area (Å²) in [5, 5.41) is 12.1. The summed E-state index contributed by atoms with van der Waals surface area (Å²) in [6.07, 6.45) is 2.80. The summed E-state index contributed by atoms with van der Waals surface area (Å²) < 4.78 is 5.53. The van der Waals surface area contributed by atoms with Gasteiger partial charge in [-0.25, -0.2) is 9.78 Å². The lowest BCUT2D eigenvalue weighted by Crippen LogP contribution is -2.64. The van der Waals surface area contributed by atoms with Crippen LogP contribution >= 0.6 is 0 Å². The maximum Gasteiger partial charge on any atom is 0.337 e. The van der Waals surface area contributed by atoms with E-state index in [9.17, 15) is 9.59 Å². The van der Waals surface area contributed by atoms with Crippen LogP contribution in [0, 0.1) is 12.3 Å². The molecule has 2 N–H and O–H groups in total. The van der Waals surface area contributed by atoms with E-state index in [1.807, 2.05) is 0 Å². The molecule has 23 heavy (non-hydrogen) atoms. The number of methoxy groups -OCH3 is 1. The van der Waals surface area contributed by atoms with Crippen LogP contribution in [-0.2, 0) is 4.74 Å². The van der Waals surface area contributed by atoms with Crippen LogP contribution in [0.2, 0.25) is 0 Å². The third-order valence-electron chi connectivity index (χ3n) is 5.24. The quantitative estimate of drug-likeness (QED) is 0.840. The number of aryl methyl sites for hydroxylation is 1. The highest BCUT2D eigenvalue weighted by Crippen LogP contribution is 2.48. The Balaban J connectivity index is 2.14. The maximum atomic E-state index is 12.4. The number of nitrogens with zero attached hydrogens (tertiary/aromatic N) is 1. The van der Waals surface area contributed by atoms with Crippen molar-refractivity contribution in [2.45, 2.75) is 52.2 Å². The number of hydrogen-bond donors (Lipinski definition) is 2. The zero-order valence-electron chi connectivity index (χ0n) is 14.0. The Morgan fingerprint density at radius 1 is 1.39 bits per heavy atom. The fraction of sp³-hybridized carbons (Fsp3) is 0.588. The molecule has 0 radical (unpaired) electrons. The number of aromatic carboxylic acids is 1. The Morgan fingerprint density at radius 3 is 2.52 bits per heavy atom. The molecule has 6 nitrogen and oxygen atoms in total. The average molecular weight is 320 g/mol. The Kier molecular flexibility index (Phi) is 5.04. The summed E-state index contributed by atoms with van der Waals surface area (Å²) >= 11 is 0. The summed E-state index contributed by atoms with van der Waals surface area (Å²) in [5.41, 5.74) is 0.654. The van der Waals surface area contributed by atoms with Gasteiger partial charge in [0.25, 0.3) is 5.91 Å². The van der Waals surface area contributed by atoms with E-state index in [4.69, 9.17) is 9.84 Å². The number of amides is 1. The number of carboxylic acid groups (broad SMARTS) is 1. The predicted molar refractivity (Wildman–Crippen MR) is 85.6 cm³/mol. The SMILES string of the molecule is CCC1(CC)C(NC(=O)c2ccc(C(=O)O)c(C)n2)CC1OC. The molecule has 1 aromatic rings. The molecule has 1 fully saturated rings. The minimum atomic E-state index is -1.04. The van der Waals surface area contributed by atoms with Crippen molar-refractivity contribution >= 4 is 11.9 Å². The summed E-state index contributed by atoms with van der Waals surface area (Å²) in [5.74, 6) is -1.31.